The van der Waals surface area contributed by atoms with Gasteiger partial charge in [0.2, 0.25) is 0 Å². The second-order valence-corrected chi connectivity index (χ2v) is 7.96. The molecule has 0 unspecified atom stereocenters. The van der Waals surface area contributed by atoms with Gasteiger partial charge in [0.1, 0.15) is 0 Å². The van der Waals surface area contributed by atoms with Crippen LogP contribution in [0.2, 0.25) is 0 Å². The molecule has 0 aliphatic carbocycles. The van der Waals surface area contributed by atoms with E-state index in [2.05, 4.69) is 104 Å². The van der Waals surface area contributed by atoms with Gasteiger partial charge in [0, 0.05) is 0 Å². The minimum atomic E-state index is 0. The Labute approximate surface area is 222 Å². The monoisotopic (exact) mass is 510 g/mol. The van der Waals surface area contributed by atoms with Crippen molar-refractivity contribution < 1.29 is 26.2 Å². The third-order valence-corrected chi connectivity index (χ3v) is 4.33. The topological polar surface area (TPSA) is 0 Å². The fraction of sp³-hybridized carbons (Fsp3) is 0.125. The summed E-state index contributed by atoms with van der Waals surface area (Å²) < 4.78 is 0. The van der Waals surface area contributed by atoms with Gasteiger partial charge in [-0.15, -0.1) is 46.5 Å². The van der Waals surface area contributed by atoms with Crippen LogP contribution in [0, 0.1) is 55.4 Å². The van der Waals surface area contributed by atoms with Crippen LogP contribution in [-0.4, -0.2) is 0 Å². The van der Waals surface area contributed by atoms with Crippen molar-refractivity contribution in [2.75, 3.05) is 0 Å². The Bertz CT molecular complexity index is 820. The summed E-state index contributed by atoms with van der Waals surface area (Å²) in [5.74, 6) is 0. The van der Waals surface area contributed by atoms with E-state index in [1.54, 1.807) is 0 Å². The zero-order chi connectivity index (χ0) is 23.9. The maximum absolute atomic E-state index is 3.78. The largest absolute Gasteiger partial charge is 4.00 e. The first-order valence-corrected chi connectivity index (χ1v) is 10.7. The molecule has 4 rings (SSSR count). The molecular formula is C32H36Zr. The molecule has 0 atom stereocenters. The molecule has 0 aromatic heterocycles. The predicted octanol–water partition coefficient (Wildman–Crippen LogP) is 8.71. The van der Waals surface area contributed by atoms with Crippen molar-refractivity contribution in [3.05, 3.63) is 169 Å². The van der Waals surface area contributed by atoms with E-state index in [0.29, 0.717) is 0 Å². The Kier molecular flexibility index (Phi) is 15.4. The smallest absolute Gasteiger partial charge is 0.199 e. The van der Waals surface area contributed by atoms with Crippen LogP contribution < -0.4 is 0 Å². The van der Waals surface area contributed by atoms with E-state index < -0.39 is 0 Å². The van der Waals surface area contributed by atoms with Gasteiger partial charge in [-0.3, -0.25) is 0 Å². The van der Waals surface area contributed by atoms with Crippen molar-refractivity contribution in [1.82, 2.24) is 0 Å². The van der Waals surface area contributed by atoms with Crippen LogP contribution in [0.4, 0.5) is 0 Å². The van der Waals surface area contributed by atoms with Gasteiger partial charge in [0.25, 0.3) is 0 Å². The van der Waals surface area contributed by atoms with E-state index in [1.165, 1.54) is 22.3 Å². The van der Waals surface area contributed by atoms with Crippen LogP contribution in [0.1, 0.15) is 44.5 Å². The zero-order valence-electron chi connectivity index (χ0n) is 20.6. The molecule has 0 spiro atoms. The molecule has 0 N–H and O–H groups in total. The van der Waals surface area contributed by atoms with E-state index in [9.17, 15) is 0 Å². The van der Waals surface area contributed by atoms with E-state index in [0.717, 1.165) is 22.3 Å². The predicted molar refractivity (Wildman–Crippen MR) is 143 cm³/mol. The SMILES string of the molecule is [CH2-]c1cccc(C)c1.[CH2-]c1cccc(C)c1.[CH2-]c1cccc(C)c1.[CH2-]c1cccc(C)c1.[Zr+4]. The molecule has 0 heterocycles. The average Bonchev–Trinajstić information content (AvgIpc) is 2.69. The summed E-state index contributed by atoms with van der Waals surface area (Å²) in [5.41, 5.74) is 9.45. The molecular weight excluding hydrogens is 476 g/mol. The fourth-order valence-electron chi connectivity index (χ4n) is 2.85. The molecule has 4 aromatic carbocycles. The van der Waals surface area contributed by atoms with Crippen LogP contribution >= 0.6 is 0 Å². The normalized spacial score (nSPS) is 8.85. The number of hydrogen-bond donors (Lipinski definition) is 0. The molecule has 0 bridgehead atoms. The summed E-state index contributed by atoms with van der Waals surface area (Å²) in [6.45, 7) is 23.4. The first kappa shape index (κ1) is 30.2. The second-order valence-electron chi connectivity index (χ2n) is 7.96. The summed E-state index contributed by atoms with van der Waals surface area (Å²) in [6, 6.07) is 32.5. The summed E-state index contributed by atoms with van der Waals surface area (Å²) in [5, 5.41) is 0. The Morgan fingerprint density at radius 1 is 0.364 bits per heavy atom. The van der Waals surface area contributed by atoms with E-state index in [1.807, 2.05) is 48.5 Å². The van der Waals surface area contributed by atoms with Crippen molar-refractivity contribution >= 4 is 0 Å². The Hall–Kier alpha value is -2.76. The minimum absolute atomic E-state index is 0. The molecule has 168 valence electrons. The molecule has 0 fully saturated rings. The van der Waals surface area contributed by atoms with Crippen molar-refractivity contribution in [3.63, 3.8) is 0 Å². The van der Waals surface area contributed by atoms with Gasteiger partial charge in [0.05, 0.1) is 0 Å². The Morgan fingerprint density at radius 2 is 0.545 bits per heavy atom. The van der Waals surface area contributed by atoms with Gasteiger partial charge in [-0.25, -0.2) is 0 Å². The number of benzene rings is 4. The molecule has 0 saturated carbocycles. The quantitative estimate of drug-likeness (QED) is 0.207. The van der Waals surface area contributed by atoms with E-state index in [4.69, 9.17) is 0 Å². The van der Waals surface area contributed by atoms with Gasteiger partial charge in [-0.05, 0) is 0 Å². The van der Waals surface area contributed by atoms with Gasteiger partial charge < -0.3 is 0 Å². The summed E-state index contributed by atoms with van der Waals surface area (Å²) in [7, 11) is 0. The molecule has 0 amide bonds. The third-order valence-electron chi connectivity index (χ3n) is 4.33. The van der Waals surface area contributed by atoms with E-state index >= 15 is 0 Å². The Morgan fingerprint density at radius 3 is 0.636 bits per heavy atom. The first-order chi connectivity index (χ1) is 15.2. The zero-order valence-corrected chi connectivity index (χ0v) is 23.0. The molecule has 1 heteroatoms. The van der Waals surface area contributed by atoms with E-state index in [-0.39, 0.29) is 26.2 Å². The van der Waals surface area contributed by atoms with Crippen LogP contribution in [0.15, 0.2) is 97.1 Å². The first-order valence-electron chi connectivity index (χ1n) is 10.7. The van der Waals surface area contributed by atoms with Gasteiger partial charge in [0.15, 0.2) is 0 Å². The average molecular weight is 512 g/mol. The van der Waals surface area contributed by atoms with Crippen LogP contribution in [0.5, 0.6) is 0 Å². The molecule has 4 aromatic rings. The van der Waals surface area contributed by atoms with Crippen molar-refractivity contribution in [3.8, 4) is 0 Å². The third kappa shape index (κ3) is 15.6. The molecule has 0 radical (unpaired) electrons. The maximum atomic E-state index is 3.78. The van der Waals surface area contributed by atoms with Gasteiger partial charge in [-0.1, -0.05) is 52.0 Å². The summed E-state index contributed by atoms with van der Waals surface area (Å²) in [6.07, 6.45) is 0. The minimum Gasteiger partial charge on any atom is -0.199 e. The van der Waals surface area contributed by atoms with Crippen molar-refractivity contribution in [2.24, 2.45) is 0 Å². The van der Waals surface area contributed by atoms with Crippen molar-refractivity contribution in [2.45, 2.75) is 27.7 Å². The summed E-state index contributed by atoms with van der Waals surface area (Å²) in [4.78, 5) is 0. The molecule has 0 aliphatic heterocycles. The number of rotatable bonds is 0. The summed E-state index contributed by atoms with van der Waals surface area (Å²) >= 11 is 0. The van der Waals surface area contributed by atoms with Gasteiger partial charge >= 0.3 is 26.2 Å². The fourth-order valence-corrected chi connectivity index (χ4v) is 2.85. The van der Waals surface area contributed by atoms with Gasteiger partial charge in [-0.2, -0.15) is 98.5 Å². The maximum Gasteiger partial charge on any atom is 4.00 e. The van der Waals surface area contributed by atoms with Crippen LogP contribution in [0.25, 0.3) is 0 Å². The standard InChI is InChI=1S/4C8H9.Zr/c4*1-7-4-3-5-8(2)6-7;/h4*3-6H,1H2,2H3;/q4*-1;+4. The Balaban J connectivity index is 0.000000410. The van der Waals surface area contributed by atoms with Crippen LogP contribution in [0.3, 0.4) is 0 Å². The number of hydrogen-bond acceptors (Lipinski definition) is 0. The van der Waals surface area contributed by atoms with Crippen LogP contribution in [-0.2, 0) is 26.2 Å². The second kappa shape index (κ2) is 16.8. The molecule has 0 nitrogen and oxygen atoms in total. The van der Waals surface area contributed by atoms with Crippen molar-refractivity contribution in [1.29, 1.82) is 0 Å². The number of aryl methyl sites for hydroxylation is 4. The molecule has 33 heavy (non-hydrogen) atoms. The molecule has 0 aliphatic rings. The molecule has 0 saturated heterocycles.